The third-order valence-electron chi connectivity index (χ3n) is 3.70. The van der Waals surface area contributed by atoms with Gasteiger partial charge >= 0.3 is 0 Å². The molecule has 21 heavy (non-hydrogen) atoms. The average Bonchev–Trinajstić information content (AvgIpc) is 2.45. The number of aromatic nitrogens is 1. The molecule has 1 heterocycles. The molecule has 114 valence electrons. The van der Waals surface area contributed by atoms with E-state index in [4.69, 9.17) is 10.5 Å². The molecule has 4 heteroatoms. The molecule has 0 spiro atoms. The van der Waals surface area contributed by atoms with Crippen LogP contribution in [0.3, 0.4) is 0 Å². The summed E-state index contributed by atoms with van der Waals surface area (Å²) in [6.07, 6.45) is 1.77. The number of ether oxygens (including phenoxy) is 1. The SMILES string of the molecule is CC(C)N(CCOc1ccc(N)c2cccnc12)C(C)C. The quantitative estimate of drug-likeness (QED) is 0.828. The molecule has 0 aliphatic heterocycles. The van der Waals surface area contributed by atoms with Crippen molar-refractivity contribution in [2.45, 2.75) is 39.8 Å². The fourth-order valence-electron chi connectivity index (χ4n) is 2.66. The van der Waals surface area contributed by atoms with E-state index in [0.29, 0.717) is 18.7 Å². The van der Waals surface area contributed by atoms with Gasteiger partial charge in [-0.3, -0.25) is 9.88 Å². The second-order valence-corrected chi connectivity index (χ2v) is 5.83. The molecule has 1 aromatic carbocycles. The number of hydrogen-bond acceptors (Lipinski definition) is 4. The Hall–Kier alpha value is -1.81. The van der Waals surface area contributed by atoms with Crippen LogP contribution in [0.2, 0.25) is 0 Å². The van der Waals surface area contributed by atoms with Crippen molar-refractivity contribution in [3.8, 4) is 5.75 Å². The van der Waals surface area contributed by atoms with E-state index in [2.05, 4.69) is 37.6 Å². The van der Waals surface area contributed by atoms with Gasteiger partial charge in [-0.1, -0.05) is 0 Å². The van der Waals surface area contributed by atoms with Gasteiger partial charge in [0.2, 0.25) is 0 Å². The molecule has 1 aromatic heterocycles. The first-order valence-corrected chi connectivity index (χ1v) is 7.52. The van der Waals surface area contributed by atoms with E-state index in [0.717, 1.165) is 28.9 Å². The van der Waals surface area contributed by atoms with E-state index >= 15 is 0 Å². The molecule has 0 unspecified atom stereocenters. The molecule has 0 saturated carbocycles. The lowest BCUT2D eigenvalue weighted by Crippen LogP contribution is -2.39. The molecule has 2 aromatic rings. The van der Waals surface area contributed by atoms with Gasteiger partial charge in [-0.15, -0.1) is 0 Å². The summed E-state index contributed by atoms with van der Waals surface area (Å²) in [5, 5.41) is 0.944. The molecule has 0 saturated heterocycles. The van der Waals surface area contributed by atoms with E-state index in [1.165, 1.54) is 0 Å². The molecule has 0 fully saturated rings. The zero-order valence-corrected chi connectivity index (χ0v) is 13.3. The Labute approximate surface area is 126 Å². The van der Waals surface area contributed by atoms with E-state index < -0.39 is 0 Å². The number of nitrogens with two attached hydrogens (primary N) is 1. The van der Waals surface area contributed by atoms with Crippen molar-refractivity contribution in [3.63, 3.8) is 0 Å². The maximum absolute atomic E-state index is 5.98. The number of rotatable bonds is 6. The van der Waals surface area contributed by atoms with Crippen LogP contribution >= 0.6 is 0 Å². The largest absolute Gasteiger partial charge is 0.490 e. The highest BCUT2D eigenvalue weighted by atomic mass is 16.5. The number of nitrogen functional groups attached to an aromatic ring is 1. The first-order chi connectivity index (χ1) is 10.0. The summed E-state index contributed by atoms with van der Waals surface area (Å²) in [5.41, 5.74) is 7.54. The zero-order valence-electron chi connectivity index (χ0n) is 13.3. The summed E-state index contributed by atoms with van der Waals surface area (Å²) < 4.78 is 5.95. The second-order valence-electron chi connectivity index (χ2n) is 5.83. The smallest absolute Gasteiger partial charge is 0.145 e. The Bertz CT molecular complexity index is 588. The number of nitrogens with zero attached hydrogens (tertiary/aromatic N) is 2. The lowest BCUT2D eigenvalue weighted by atomic mass is 10.1. The van der Waals surface area contributed by atoms with Crippen LogP contribution in [0.25, 0.3) is 10.9 Å². The Morgan fingerprint density at radius 2 is 1.86 bits per heavy atom. The standard InChI is InChI=1S/C17H25N3O/c1-12(2)20(13(3)4)10-11-21-16-8-7-15(18)14-6-5-9-19-17(14)16/h5-9,12-13H,10-11,18H2,1-4H3. The molecule has 0 bridgehead atoms. The number of hydrogen-bond donors (Lipinski definition) is 1. The second kappa shape index (κ2) is 6.76. The maximum atomic E-state index is 5.98. The number of pyridine rings is 1. The average molecular weight is 287 g/mol. The van der Waals surface area contributed by atoms with Gasteiger partial charge in [-0.05, 0) is 52.0 Å². The summed E-state index contributed by atoms with van der Waals surface area (Å²) in [4.78, 5) is 6.80. The fraction of sp³-hybridized carbons (Fsp3) is 0.471. The van der Waals surface area contributed by atoms with Gasteiger partial charge in [-0.2, -0.15) is 0 Å². The van der Waals surface area contributed by atoms with Gasteiger partial charge in [0.05, 0.1) is 0 Å². The minimum absolute atomic E-state index is 0.509. The molecular formula is C17H25N3O. The minimum Gasteiger partial charge on any atom is -0.490 e. The van der Waals surface area contributed by atoms with Crippen LogP contribution in [-0.4, -0.2) is 35.1 Å². The van der Waals surface area contributed by atoms with E-state index in [-0.39, 0.29) is 0 Å². The highest BCUT2D eigenvalue weighted by Gasteiger charge is 2.13. The lowest BCUT2D eigenvalue weighted by molar-refractivity contribution is 0.142. The van der Waals surface area contributed by atoms with Crippen molar-refractivity contribution < 1.29 is 4.74 Å². The van der Waals surface area contributed by atoms with Crippen molar-refractivity contribution in [2.75, 3.05) is 18.9 Å². The third-order valence-corrected chi connectivity index (χ3v) is 3.70. The maximum Gasteiger partial charge on any atom is 0.145 e. The first kappa shape index (κ1) is 15.6. The van der Waals surface area contributed by atoms with Crippen LogP contribution < -0.4 is 10.5 Å². The summed E-state index contributed by atoms with van der Waals surface area (Å²) in [6.45, 7) is 10.4. The van der Waals surface area contributed by atoms with Crippen molar-refractivity contribution >= 4 is 16.6 Å². The topological polar surface area (TPSA) is 51.4 Å². The summed E-state index contributed by atoms with van der Waals surface area (Å²) in [7, 11) is 0. The predicted molar refractivity (Wildman–Crippen MR) is 88.6 cm³/mol. The van der Waals surface area contributed by atoms with Crippen molar-refractivity contribution in [1.29, 1.82) is 0 Å². The highest BCUT2D eigenvalue weighted by molar-refractivity contribution is 5.94. The number of benzene rings is 1. The third kappa shape index (κ3) is 3.64. The van der Waals surface area contributed by atoms with E-state index in [9.17, 15) is 0 Å². The van der Waals surface area contributed by atoms with Gasteiger partial charge in [0, 0.05) is 35.9 Å². The molecule has 4 nitrogen and oxygen atoms in total. The normalized spacial score (nSPS) is 11.8. The van der Waals surface area contributed by atoms with Gasteiger partial charge < -0.3 is 10.5 Å². The van der Waals surface area contributed by atoms with Crippen molar-refractivity contribution in [1.82, 2.24) is 9.88 Å². The Balaban J connectivity index is 2.09. The van der Waals surface area contributed by atoms with Gasteiger partial charge in [0.1, 0.15) is 17.9 Å². The Kier molecular flexibility index (Phi) is 5.02. The van der Waals surface area contributed by atoms with Crippen LogP contribution in [0.5, 0.6) is 5.75 Å². The van der Waals surface area contributed by atoms with Gasteiger partial charge in [0.15, 0.2) is 0 Å². The Morgan fingerprint density at radius 1 is 1.14 bits per heavy atom. The molecule has 0 aliphatic rings. The van der Waals surface area contributed by atoms with Crippen LogP contribution in [0.1, 0.15) is 27.7 Å². The van der Waals surface area contributed by atoms with Crippen LogP contribution in [0.15, 0.2) is 30.5 Å². The van der Waals surface area contributed by atoms with Crippen molar-refractivity contribution in [3.05, 3.63) is 30.5 Å². The number of fused-ring (bicyclic) bond motifs is 1. The molecule has 2 rings (SSSR count). The Morgan fingerprint density at radius 3 is 2.52 bits per heavy atom. The number of anilines is 1. The summed E-state index contributed by atoms with van der Waals surface area (Å²) in [6, 6.07) is 8.66. The zero-order chi connectivity index (χ0) is 15.4. The molecule has 2 N–H and O–H groups in total. The molecule has 0 amide bonds. The fourth-order valence-corrected chi connectivity index (χ4v) is 2.66. The van der Waals surface area contributed by atoms with E-state index in [1.54, 1.807) is 6.20 Å². The molecule has 0 aliphatic carbocycles. The van der Waals surface area contributed by atoms with Crippen LogP contribution in [-0.2, 0) is 0 Å². The monoisotopic (exact) mass is 287 g/mol. The predicted octanol–water partition coefficient (Wildman–Crippen LogP) is 3.31. The highest BCUT2D eigenvalue weighted by Crippen LogP contribution is 2.28. The lowest BCUT2D eigenvalue weighted by Gasteiger charge is -2.30. The molecule has 0 atom stereocenters. The summed E-state index contributed by atoms with van der Waals surface area (Å²) >= 11 is 0. The van der Waals surface area contributed by atoms with Crippen LogP contribution in [0.4, 0.5) is 5.69 Å². The van der Waals surface area contributed by atoms with Gasteiger partial charge in [-0.25, -0.2) is 0 Å². The van der Waals surface area contributed by atoms with E-state index in [1.807, 2.05) is 24.3 Å². The molecule has 0 radical (unpaired) electrons. The van der Waals surface area contributed by atoms with Gasteiger partial charge in [0.25, 0.3) is 0 Å². The minimum atomic E-state index is 0.509. The van der Waals surface area contributed by atoms with Crippen LogP contribution in [0, 0.1) is 0 Å². The summed E-state index contributed by atoms with van der Waals surface area (Å²) in [5.74, 6) is 0.798. The first-order valence-electron chi connectivity index (χ1n) is 7.52. The molecular weight excluding hydrogens is 262 g/mol. The van der Waals surface area contributed by atoms with Crippen molar-refractivity contribution in [2.24, 2.45) is 0 Å².